The lowest BCUT2D eigenvalue weighted by molar-refractivity contribution is 0.202. The van der Waals surface area contributed by atoms with Gasteiger partial charge >= 0.3 is 0 Å². The van der Waals surface area contributed by atoms with Crippen LogP contribution in [0.25, 0.3) is 10.9 Å². The van der Waals surface area contributed by atoms with E-state index in [1.807, 2.05) is 12.6 Å². The number of rotatable bonds is 4. The molecule has 0 spiro atoms. The molecule has 0 saturated carbocycles. The number of benzene rings is 1. The standard InChI is InChI=1S/C12H13FNO/c1-15-6-2-3-9-8-14-12-5-4-10(13)7-11(9)12/h3-5,7-8,14H,2,6H2,1H3. The summed E-state index contributed by atoms with van der Waals surface area (Å²) in [4.78, 5) is 3.10. The zero-order valence-electron chi connectivity index (χ0n) is 8.59. The number of aromatic amines is 1. The predicted octanol–water partition coefficient (Wildman–Crippen LogP) is 2.90. The van der Waals surface area contributed by atoms with Gasteiger partial charge in [-0.25, -0.2) is 4.39 Å². The van der Waals surface area contributed by atoms with Crippen molar-refractivity contribution in [3.63, 3.8) is 0 Å². The Labute approximate surface area is 88.1 Å². The molecule has 3 heteroatoms. The van der Waals surface area contributed by atoms with Gasteiger partial charge in [0, 0.05) is 30.8 Å². The highest BCUT2D eigenvalue weighted by molar-refractivity contribution is 5.84. The molecule has 0 amide bonds. The van der Waals surface area contributed by atoms with Crippen molar-refractivity contribution in [1.29, 1.82) is 0 Å². The number of ether oxygens (including phenoxy) is 1. The highest BCUT2D eigenvalue weighted by Crippen LogP contribution is 2.21. The molecule has 0 atom stereocenters. The lowest BCUT2D eigenvalue weighted by atomic mass is 10.1. The lowest BCUT2D eigenvalue weighted by Crippen LogP contribution is -1.89. The summed E-state index contributed by atoms with van der Waals surface area (Å²) in [6, 6.07) is 4.75. The SMILES string of the molecule is COCC[CH]c1c[nH]c2ccc(F)cc12. The molecule has 2 rings (SSSR count). The summed E-state index contributed by atoms with van der Waals surface area (Å²) in [7, 11) is 1.67. The second-order valence-corrected chi connectivity index (χ2v) is 3.42. The molecule has 15 heavy (non-hydrogen) atoms. The van der Waals surface area contributed by atoms with E-state index in [-0.39, 0.29) is 5.82 Å². The molecule has 1 heterocycles. The van der Waals surface area contributed by atoms with Crippen LogP contribution in [0, 0.1) is 12.2 Å². The normalized spacial score (nSPS) is 11.1. The van der Waals surface area contributed by atoms with E-state index in [0.717, 1.165) is 22.9 Å². The minimum atomic E-state index is -0.205. The molecule has 1 aromatic heterocycles. The minimum Gasteiger partial charge on any atom is -0.385 e. The fourth-order valence-corrected chi connectivity index (χ4v) is 1.62. The van der Waals surface area contributed by atoms with Crippen molar-refractivity contribution < 1.29 is 9.13 Å². The maximum atomic E-state index is 13.0. The largest absolute Gasteiger partial charge is 0.385 e. The van der Waals surface area contributed by atoms with Crippen molar-refractivity contribution >= 4 is 10.9 Å². The fourth-order valence-electron chi connectivity index (χ4n) is 1.62. The molecule has 2 nitrogen and oxygen atoms in total. The van der Waals surface area contributed by atoms with Gasteiger partial charge in [-0.1, -0.05) is 0 Å². The van der Waals surface area contributed by atoms with Crippen molar-refractivity contribution in [1.82, 2.24) is 4.98 Å². The van der Waals surface area contributed by atoms with E-state index < -0.39 is 0 Å². The number of methoxy groups -OCH3 is 1. The number of hydrogen-bond donors (Lipinski definition) is 1. The summed E-state index contributed by atoms with van der Waals surface area (Å²) < 4.78 is 18.0. The Balaban J connectivity index is 2.23. The Morgan fingerprint density at radius 1 is 1.47 bits per heavy atom. The van der Waals surface area contributed by atoms with E-state index in [2.05, 4.69) is 4.98 Å². The monoisotopic (exact) mass is 206 g/mol. The van der Waals surface area contributed by atoms with Crippen molar-refractivity contribution in [3.8, 4) is 0 Å². The van der Waals surface area contributed by atoms with Gasteiger partial charge in [0.2, 0.25) is 0 Å². The second kappa shape index (κ2) is 4.45. The van der Waals surface area contributed by atoms with Gasteiger partial charge in [0.1, 0.15) is 5.82 Å². The summed E-state index contributed by atoms with van der Waals surface area (Å²) >= 11 is 0. The number of nitrogens with one attached hydrogen (secondary N) is 1. The zero-order valence-corrected chi connectivity index (χ0v) is 8.59. The van der Waals surface area contributed by atoms with Gasteiger partial charge in [-0.2, -0.15) is 0 Å². The van der Waals surface area contributed by atoms with Gasteiger partial charge in [-0.3, -0.25) is 0 Å². The predicted molar refractivity (Wildman–Crippen MR) is 58.2 cm³/mol. The van der Waals surface area contributed by atoms with Crippen LogP contribution in [0.4, 0.5) is 4.39 Å². The van der Waals surface area contributed by atoms with Gasteiger partial charge in [-0.05, 0) is 36.6 Å². The minimum absolute atomic E-state index is 0.205. The third-order valence-electron chi connectivity index (χ3n) is 2.36. The number of H-pyrrole nitrogens is 1. The molecular weight excluding hydrogens is 193 g/mol. The van der Waals surface area contributed by atoms with Crippen LogP contribution >= 0.6 is 0 Å². The van der Waals surface area contributed by atoms with E-state index in [9.17, 15) is 4.39 Å². The van der Waals surface area contributed by atoms with Crippen molar-refractivity contribution in [2.24, 2.45) is 0 Å². The van der Waals surface area contributed by atoms with Crippen LogP contribution < -0.4 is 0 Å². The zero-order chi connectivity index (χ0) is 10.7. The third-order valence-corrected chi connectivity index (χ3v) is 2.36. The van der Waals surface area contributed by atoms with Crippen LogP contribution in [-0.4, -0.2) is 18.7 Å². The molecule has 0 saturated heterocycles. The Morgan fingerprint density at radius 3 is 3.13 bits per heavy atom. The van der Waals surface area contributed by atoms with E-state index in [0.29, 0.717) is 6.61 Å². The van der Waals surface area contributed by atoms with Gasteiger partial charge in [0.25, 0.3) is 0 Å². The fraction of sp³-hybridized carbons (Fsp3) is 0.250. The molecule has 1 N–H and O–H groups in total. The van der Waals surface area contributed by atoms with Crippen LogP contribution in [0.3, 0.4) is 0 Å². The number of fused-ring (bicyclic) bond motifs is 1. The van der Waals surface area contributed by atoms with Gasteiger partial charge in [0.15, 0.2) is 0 Å². The van der Waals surface area contributed by atoms with E-state index in [4.69, 9.17) is 4.74 Å². The summed E-state index contributed by atoms with van der Waals surface area (Å²) in [5, 5.41) is 0.922. The number of hydrogen-bond acceptors (Lipinski definition) is 1. The molecule has 0 fully saturated rings. The van der Waals surface area contributed by atoms with Crippen LogP contribution in [0.1, 0.15) is 12.0 Å². The molecule has 1 radical (unpaired) electrons. The average molecular weight is 206 g/mol. The second-order valence-electron chi connectivity index (χ2n) is 3.42. The smallest absolute Gasteiger partial charge is 0.123 e. The van der Waals surface area contributed by atoms with Crippen molar-refractivity contribution in [2.75, 3.05) is 13.7 Å². The van der Waals surface area contributed by atoms with Crippen LogP contribution in [0.2, 0.25) is 0 Å². The molecule has 1 aromatic carbocycles. The van der Waals surface area contributed by atoms with E-state index in [1.165, 1.54) is 6.07 Å². The lowest BCUT2D eigenvalue weighted by Gasteiger charge is -1.98. The maximum Gasteiger partial charge on any atom is 0.123 e. The summed E-state index contributed by atoms with van der Waals surface area (Å²) in [5.41, 5.74) is 1.99. The maximum absolute atomic E-state index is 13.0. The van der Waals surface area contributed by atoms with Gasteiger partial charge < -0.3 is 9.72 Å². The topological polar surface area (TPSA) is 25.0 Å². The summed E-state index contributed by atoms with van der Waals surface area (Å²) in [5.74, 6) is -0.205. The number of aromatic nitrogens is 1. The molecule has 0 unspecified atom stereocenters. The first-order valence-electron chi connectivity index (χ1n) is 4.90. The van der Waals surface area contributed by atoms with Crippen molar-refractivity contribution in [2.45, 2.75) is 6.42 Å². The van der Waals surface area contributed by atoms with E-state index >= 15 is 0 Å². The first-order chi connectivity index (χ1) is 7.31. The van der Waals surface area contributed by atoms with Gasteiger partial charge in [-0.15, -0.1) is 0 Å². The van der Waals surface area contributed by atoms with Crippen LogP contribution in [0.5, 0.6) is 0 Å². The summed E-state index contributed by atoms with van der Waals surface area (Å²) in [6.07, 6.45) is 4.77. The summed E-state index contributed by atoms with van der Waals surface area (Å²) in [6.45, 7) is 0.683. The Morgan fingerprint density at radius 2 is 2.33 bits per heavy atom. The molecular formula is C12H13FNO. The highest BCUT2D eigenvalue weighted by atomic mass is 19.1. The molecule has 0 aliphatic heterocycles. The van der Waals surface area contributed by atoms with E-state index in [1.54, 1.807) is 19.2 Å². The first kappa shape index (κ1) is 10.2. The molecule has 0 bridgehead atoms. The Hall–Kier alpha value is -1.35. The number of halogens is 1. The molecule has 0 aliphatic rings. The Kier molecular flexibility index (Phi) is 3.02. The highest BCUT2D eigenvalue weighted by Gasteiger charge is 2.04. The van der Waals surface area contributed by atoms with Crippen LogP contribution in [-0.2, 0) is 4.74 Å². The average Bonchev–Trinajstić information content (AvgIpc) is 2.62. The van der Waals surface area contributed by atoms with Gasteiger partial charge in [0.05, 0.1) is 0 Å². The van der Waals surface area contributed by atoms with Crippen LogP contribution in [0.15, 0.2) is 24.4 Å². The quantitative estimate of drug-likeness (QED) is 0.764. The third kappa shape index (κ3) is 2.18. The van der Waals surface area contributed by atoms with Crippen molar-refractivity contribution in [3.05, 3.63) is 42.2 Å². The molecule has 0 aliphatic carbocycles. The first-order valence-corrected chi connectivity index (χ1v) is 4.90. The molecule has 2 aromatic rings. The Bertz CT molecular complexity index is 450. The molecule has 79 valence electrons.